The lowest BCUT2D eigenvalue weighted by Crippen LogP contribution is -2.25. The summed E-state index contributed by atoms with van der Waals surface area (Å²) in [5.74, 6) is 1.55. The van der Waals surface area contributed by atoms with Gasteiger partial charge in [-0.05, 0) is 25.1 Å². The fourth-order valence-corrected chi connectivity index (χ4v) is 2.28. The van der Waals surface area contributed by atoms with E-state index in [1.807, 2.05) is 25.2 Å². The number of benzene rings is 1. The zero-order valence-corrected chi connectivity index (χ0v) is 13.0. The fourth-order valence-electron chi connectivity index (χ4n) is 2.28. The normalized spacial score (nSPS) is 12.2. The Kier molecular flexibility index (Phi) is 5.16. The van der Waals surface area contributed by atoms with Crippen LogP contribution in [0.4, 0.5) is 0 Å². The van der Waals surface area contributed by atoms with Gasteiger partial charge in [-0.15, -0.1) is 5.10 Å². The zero-order chi connectivity index (χ0) is 15.2. The molecule has 0 amide bonds. The Hall–Kier alpha value is -2.08. The molecule has 0 saturated heterocycles. The maximum Gasteiger partial charge on any atom is 0.127 e. The molecule has 0 spiro atoms. The van der Waals surface area contributed by atoms with E-state index >= 15 is 0 Å². The van der Waals surface area contributed by atoms with Crippen LogP contribution >= 0.6 is 0 Å². The number of nitrogens with zero attached hydrogens (tertiary/aromatic N) is 3. The average molecular weight is 290 g/mol. The summed E-state index contributed by atoms with van der Waals surface area (Å²) in [5, 5.41) is 11.5. The van der Waals surface area contributed by atoms with Gasteiger partial charge >= 0.3 is 0 Å². The van der Waals surface area contributed by atoms with Crippen LogP contribution in [0.15, 0.2) is 24.4 Å². The van der Waals surface area contributed by atoms with Gasteiger partial charge < -0.3 is 14.8 Å². The van der Waals surface area contributed by atoms with Gasteiger partial charge in [0.15, 0.2) is 0 Å². The summed E-state index contributed by atoms with van der Waals surface area (Å²) >= 11 is 0. The minimum atomic E-state index is -0.0224. The Morgan fingerprint density at radius 1 is 1.29 bits per heavy atom. The molecule has 0 saturated carbocycles. The van der Waals surface area contributed by atoms with Crippen LogP contribution in [0.3, 0.4) is 0 Å². The molecule has 0 aliphatic rings. The van der Waals surface area contributed by atoms with Gasteiger partial charge in [-0.25, -0.2) is 0 Å². The Morgan fingerprint density at radius 2 is 2.10 bits per heavy atom. The van der Waals surface area contributed by atoms with Gasteiger partial charge in [-0.2, -0.15) is 0 Å². The molecule has 1 unspecified atom stereocenters. The molecule has 1 aromatic heterocycles. The number of rotatable bonds is 7. The van der Waals surface area contributed by atoms with Crippen molar-refractivity contribution in [1.82, 2.24) is 20.3 Å². The van der Waals surface area contributed by atoms with Gasteiger partial charge in [0.25, 0.3) is 0 Å². The van der Waals surface area contributed by atoms with Crippen LogP contribution < -0.4 is 14.8 Å². The molecule has 1 N–H and O–H groups in total. The topological polar surface area (TPSA) is 61.2 Å². The van der Waals surface area contributed by atoms with Crippen molar-refractivity contribution >= 4 is 0 Å². The summed E-state index contributed by atoms with van der Waals surface area (Å²) < 4.78 is 12.5. The molecule has 114 valence electrons. The zero-order valence-electron chi connectivity index (χ0n) is 13.0. The Labute approximate surface area is 125 Å². The van der Waals surface area contributed by atoms with Crippen LogP contribution in [0.5, 0.6) is 11.5 Å². The van der Waals surface area contributed by atoms with Crippen molar-refractivity contribution in [2.45, 2.75) is 19.4 Å². The maximum absolute atomic E-state index is 5.52. The predicted octanol–water partition coefficient (Wildman–Crippen LogP) is 1.92. The Balaban J connectivity index is 2.43. The number of nitrogens with one attached hydrogen (secondary N) is 1. The molecule has 0 radical (unpaired) electrons. The molecular formula is C15H22N4O2. The Morgan fingerprint density at radius 3 is 2.67 bits per heavy atom. The highest BCUT2D eigenvalue weighted by Crippen LogP contribution is 2.32. The van der Waals surface area contributed by atoms with Gasteiger partial charge in [-0.1, -0.05) is 12.1 Å². The summed E-state index contributed by atoms with van der Waals surface area (Å²) in [6.45, 7) is 3.03. The summed E-state index contributed by atoms with van der Waals surface area (Å²) in [5.41, 5.74) is 2.03. The quantitative estimate of drug-likeness (QED) is 0.844. The van der Waals surface area contributed by atoms with Crippen molar-refractivity contribution in [2.75, 3.05) is 20.8 Å². The average Bonchev–Trinajstić information content (AvgIpc) is 2.94. The highest BCUT2D eigenvalue weighted by molar-refractivity contribution is 5.44. The summed E-state index contributed by atoms with van der Waals surface area (Å²) in [4.78, 5) is 0. The number of methoxy groups -OCH3 is 2. The number of hydrogen-bond donors (Lipinski definition) is 1. The van der Waals surface area contributed by atoms with Crippen LogP contribution in [0.2, 0.25) is 0 Å². The van der Waals surface area contributed by atoms with Crippen LogP contribution in [-0.2, 0) is 7.05 Å². The molecule has 0 fully saturated rings. The largest absolute Gasteiger partial charge is 0.497 e. The molecule has 2 rings (SSSR count). The smallest absolute Gasteiger partial charge is 0.127 e. The van der Waals surface area contributed by atoms with E-state index in [0.29, 0.717) is 0 Å². The van der Waals surface area contributed by atoms with E-state index in [4.69, 9.17) is 9.47 Å². The van der Waals surface area contributed by atoms with Gasteiger partial charge in [0, 0.05) is 18.7 Å². The highest BCUT2D eigenvalue weighted by atomic mass is 16.5. The molecule has 6 heteroatoms. The van der Waals surface area contributed by atoms with Crippen molar-refractivity contribution < 1.29 is 9.47 Å². The van der Waals surface area contributed by atoms with Crippen molar-refractivity contribution in [3.8, 4) is 11.5 Å². The first-order chi connectivity index (χ1) is 10.2. The number of aryl methyl sites for hydroxylation is 1. The Bertz CT molecular complexity index is 583. The van der Waals surface area contributed by atoms with E-state index in [2.05, 4.69) is 22.6 Å². The van der Waals surface area contributed by atoms with Crippen molar-refractivity contribution in [1.29, 1.82) is 0 Å². The van der Waals surface area contributed by atoms with E-state index in [0.717, 1.165) is 35.7 Å². The van der Waals surface area contributed by atoms with Gasteiger partial charge in [0.2, 0.25) is 0 Å². The minimum Gasteiger partial charge on any atom is -0.497 e. The third-order valence-electron chi connectivity index (χ3n) is 3.40. The second-order valence-corrected chi connectivity index (χ2v) is 4.78. The molecule has 1 atom stereocenters. The minimum absolute atomic E-state index is 0.0224. The molecular weight excluding hydrogens is 268 g/mol. The first-order valence-electron chi connectivity index (χ1n) is 7.01. The summed E-state index contributed by atoms with van der Waals surface area (Å²) in [6, 6.07) is 5.81. The highest BCUT2D eigenvalue weighted by Gasteiger charge is 2.21. The van der Waals surface area contributed by atoms with E-state index in [1.54, 1.807) is 25.1 Å². The van der Waals surface area contributed by atoms with Crippen molar-refractivity contribution in [3.05, 3.63) is 35.7 Å². The van der Waals surface area contributed by atoms with Crippen molar-refractivity contribution in [3.63, 3.8) is 0 Å². The van der Waals surface area contributed by atoms with E-state index in [-0.39, 0.29) is 6.04 Å². The summed E-state index contributed by atoms with van der Waals surface area (Å²) in [6.07, 6.45) is 2.82. The predicted molar refractivity (Wildman–Crippen MR) is 80.7 cm³/mol. The van der Waals surface area contributed by atoms with E-state index < -0.39 is 0 Å². The van der Waals surface area contributed by atoms with Crippen molar-refractivity contribution in [2.24, 2.45) is 7.05 Å². The number of ether oxygens (including phenoxy) is 2. The SMILES string of the molecule is CCCNC(c1ccc(OC)cc1OC)c1cnnn1C. The van der Waals surface area contributed by atoms with Crippen LogP contribution in [0.1, 0.15) is 30.6 Å². The lowest BCUT2D eigenvalue weighted by molar-refractivity contribution is 0.386. The standard InChI is InChI=1S/C15H22N4O2/c1-5-8-16-15(13-10-17-18-19(13)2)12-7-6-11(20-3)9-14(12)21-4/h6-7,9-10,15-16H,5,8H2,1-4H3. The second kappa shape index (κ2) is 7.08. The second-order valence-electron chi connectivity index (χ2n) is 4.78. The third-order valence-corrected chi connectivity index (χ3v) is 3.40. The maximum atomic E-state index is 5.52. The van der Waals surface area contributed by atoms with Crippen LogP contribution in [-0.4, -0.2) is 35.8 Å². The molecule has 0 bridgehead atoms. The number of aromatic nitrogens is 3. The van der Waals surface area contributed by atoms with Gasteiger partial charge in [0.05, 0.1) is 32.2 Å². The molecule has 1 heterocycles. The fraction of sp³-hybridized carbons (Fsp3) is 0.467. The van der Waals surface area contributed by atoms with E-state index in [9.17, 15) is 0 Å². The monoisotopic (exact) mass is 290 g/mol. The lowest BCUT2D eigenvalue weighted by Gasteiger charge is -2.21. The first kappa shape index (κ1) is 15.3. The molecule has 6 nitrogen and oxygen atoms in total. The van der Waals surface area contributed by atoms with Gasteiger partial charge in [-0.3, -0.25) is 4.68 Å². The van der Waals surface area contributed by atoms with Crippen LogP contribution in [0, 0.1) is 0 Å². The van der Waals surface area contributed by atoms with Crippen LogP contribution in [0.25, 0.3) is 0 Å². The molecule has 2 aromatic rings. The lowest BCUT2D eigenvalue weighted by atomic mass is 10.0. The number of hydrogen-bond acceptors (Lipinski definition) is 5. The molecule has 21 heavy (non-hydrogen) atoms. The molecule has 0 aliphatic heterocycles. The molecule has 1 aromatic carbocycles. The third kappa shape index (κ3) is 3.33. The first-order valence-corrected chi connectivity index (χ1v) is 7.01. The van der Waals surface area contributed by atoms with E-state index in [1.165, 1.54) is 0 Å². The molecule has 0 aliphatic carbocycles. The summed E-state index contributed by atoms with van der Waals surface area (Å²) in [7, 11) is 5.20. The van der Waals surface area contributed by atoms with Gasteiger partial charge in [0.1, 0.15) is 11.5 Å².